The van der Waals surface area contributed by atoms with E-state index in [-0.39, 0.29) is 30.7 Å². The monoisotopic (exact) mass is 395 g/mol. The van der Waals surface area contributed by atoms with E-state index in [1.807, 2.05) is 32.3 Å². The van der Waals surface area contributed by atoms with E-state index in [2.05, 4.69) is 5.10 Å². The smallest absolute Gasteiger partial charge is 0.257 e. The van der Waals surface area contributed by atoms with Crippen LogP contribution >= 0.6 is 0 Å². The highest BCUT2D eigenvalue weighted by Crippen LogP contribution is 2.43. The van der Waals surface area contributed by atoms with Crippen molar-refractivity contribution >= 4 is 23.4 Å². The molecule has 4 rings (SSSR count). The highest BCUT2D eigenvalue weighted by Gasteiger charge is 2.52. The number of benzene rings is 1. The number of amides is 3. The van der Waals surface area contributed by atoms with Crippen molar-refractivity contribution in [1.29, 1.82) is 0 Å². The van der Waals surface area contributed by atoms with Gasteiger partial charge in [-0.2, -0.15) is 5.10 Å². The van der Waals surface area contributed by atoms with Crippen LogP contribution in [0.1, 0.15) is 42.1 Å². The summed E-state index contributed by atoms with van der Waals surface area (Å²) in [5.74, 6) is -0.172. The average molecular weight is 395 g/mol. The minimum Gasteiger partial charge on any atom is -0.341 e. The van der Waals surface area contributed by atoms with Crippen LogP contribution in [0.4, 0.5) is 5.69 Å². The van der Waals surface area contributed by atoms with Crippen LogP contribution in [-0.2, 0) is 23.2 Å². The third kappa shape index (κ3) is 3.18. The summed E-state index contributed by atoms with van der Waals surface area (Å²) in [6, 6.07) is 7.20. The minimum absolute atomic E-state index is 0.0115. The van der Waals surface area contributed by atoms with Crippen LogP contribution in [0.3, 0.4) is 0 Å². The summed E-state index contributed by atoms with van der Waals surface area (Å²) in [5, 5.41) is 4.12. The number of nitrogens with zero attached hydrogens (tertiary/aromatic N) is 5. The Bertz CT molecular complexity index is 984. The third-order valence-electron chi connectivity index (χ3n) is 5.90. The number of aromatic nitrogens is 2. The molecule has 3 amide bonds. The predicted molar refractivity (Wildman–Crippen MR) is 107 cm³/mol. The maximum Gasteiger partial charge on any atom is 0.257 e. The van der Waals surface area contributed by atoms with Gasteiger partial charge in [0.1, 0.15) is 5.66 Å². The Morgan fingerprint density at radius 3 is 2.76 bits per heavy atom. The molecule has 1 fully saturated rings. The topological polar surface area (TPSA) is 78.8 Å². The summed E-state index contributed by atoms with van der Waals surface area (Å²) in [5.41, 5.74) is 1.39. The first-order valence-corrected chi connectivity index (χ1v) is 9.77. The van der Waals surface area contributed by atoms with Crippen LogP contribution in [0.15, 0.2) is 36.7 Å². The lowest BCUT2D eigenvalue weighted by Crippen LogP contribution is -2.62. The van der Waals surface area contributed by atoms with Crippen molar-refractivity contribution in [1.82, 2.24) is 19.6 Å². The van der Waals surface area contributed by atoms with E-state index in [0.717, 1.165) is 5.56 Å². The summed E-state index contributed by atoms with van der Waals surface area (Å²) in [7, 11) is 3.58. The van der Waals surface area contributed by atoms with Gasteiger partial charge in [0.25, 0.3) is 5.91 Å². The second-order valence-corrected chi connectivity index (χ2v) is 7.94. The Kier molecular flexibility index (Phi) is 4.64. The predicted octanol–water partition coefficient (Wildman–Crippen LogP) is 1.77. The van der Waals surface area contributed by atoms with Crippen LogP contribution in [-0.4, -0.2) is 56.6 Å². The van der Waals surface area contributed by atoms with E-state index in [1.54, 1.807) is 44.8 Å². The number of anilines is 1. The summed E-state index contributed by atoms with van der Waals surface area (Å²) >= 11 is 0. The molecular weight excluding hydrogens is 370 g/mol. The zero-order chi connectivity index (χ0) is 20.8. The molecule has 0 aliphatic carbocycles. The Hall–Kier alpha value is -3.16. The van der Waals surface area contributed by atoms with Crippen LogP contribution in [0.5, 0.6) is 0 Å². The second kappa shape index (κ2) is 7.02. The van der Waals surface area contributed by atoms with Crippen molar-refractivity contribution in [3.8, 4) is 0 Å². The van der Waals surface area contributed by atoms with Crippen LogP contribution in [0.2, 0.25) is 0 Å². The molecule has 1 aromatic carbocycles. The molecular formula is C21H25N5O3. The van der Waals surface area contributed by atoms with Crippen LogP contribution in [0.25, 0.3) is 0 Å². The standard InChI is InChI=1S/C21H25N5O3/c1-21-10-8-19(28)26(21)17-7-5-4-6-16(17)20(29)25(21)11-9-18(27)23(2)13-15-12-22-24(3)14-15/h4-7,12,14H,8-11,13H2,1-3H3. The van der Waals surface area contributed by atoms with Gasteiger partial charge in [0.15, 0.2) is 0 Å². The molecule has 1 saturated heterocycles. The summed E-state index contributed by atoms with van der Waals surface area (Å²) in [6.45, 7) is 2.64. The Morgan fingerprint density at radius 1 is 1.28 bits per heavy atom. The highest BCUT2D eigenvalue weighted by molar-refractivity contribution is 6.10. The Labute approximate surface area is 169 Å². The molecule has 1 aromatic heterocycles. The number of fused-ring (bicyclic) bond motifs is 3. The van der Waals surface area contributed by atoms with Crippen molar-refractivity contribution in [2.45, 2.75) is 38.4 Å². The number of carbonyl (C=O) groups is 3. The molecule has 1 atom stereocenters. The van der Waals surface area contributed by atoms with E-state index in [4.69, 9.17) is 0 Å². The van der Waals surface area contributed by atoms with Crippen molar-refractivity contribution < 1.29 is 14.4 Å². The molecule has 0 bridgehead atoms. The molecule has 8 nitrogen and oxygen atoms in total. The average Bonchev–Trinajstić information content (AvgIpc) is 3.24. The molecule has 0 N–H and O–H groups in total. The van der Waals surface area contributed by atoms with Crippen molar-refractivity contribution in [3.05, 3.63) is 47.8 Å². The van der Waals surface area contributed by atoms with Gasteiger partial charge in [0.2, 0.25) is 11.8 Å². The number of para-hydroxylation sites is 1. The fourth-order valence-corrected chi connectivity index (χ4v) is 4.36. The van der Waals surface area contributed by atoms with E-state index >= 15 is 0 Å². The van der Waals surface area contributed by atoms with Gasteiger partial charge < -0.3 is 9.80 Å². The van der Waals surface area contributed by atoms with Gasteiger partial charge >= 0.3 is 0 Å². The van der Waals surface area contributed by atoms with Crippen molar-refractivity contribution in [2.24, 2.45) is 7.05 Å². The lowest BCUT2D eigenvalue weighted by molar-refractivity contribution is -0.130. The van der Waals surface area contributed by atoms with Gasteiger partial charge in [-0.3, -0.25) is 24.0 Å². The normalized spacial score (nSPS) is 20.7. The zero-order valence-electron chi connectivity index (χ0n) is 17.0. The van der Waals surface area contributed by atoms with Crippen LogP contribution < -0.4 is 4.90 Å². The number of hydrogen-bond donors (Lipinski definition) is 0. The zero-order valence-corrected chi connectivity index (χ0v) is 17.0. The van der Waals surface area contributed by atoms with E-state index in [0.29, 0.717) is 30.6 Å². The molecule has 3 heterocycles. The van der Waals surface area contributed by atoms with E-state index in [9.17, 15) is 14.4 Å². The number of aryl methyl sites for hydroxylation is 1. The molecule has 1 unspecified atom stereocenters. The second-order valence-electron chi connectivity index (χ2n) is 7.94. The van der Waals surface area contributed by atoms with Crippen molar-refractivity contribution in [3.63, 3.8) is 0 Å². The maximum absolute atomic E-state index is 13.2. The third-order valence-corrected chi connectivity index (χ3v) is 5.90. The Morgan fingerprint density at radius 2 is 2.03 bits per heavy atom. The lowest BCUT2D eigenvalue weighted by Gasteiger charge is -2.48. The molecule has 152 valence electrons. The van der Waals surface area contributed by atoms with Gasteiger partial charge in [0.05, 0.1) is 17.4 Å². The largest absolute Gasteiger partial charge is 0.341 e. The molecule has 2 aliphatic heterocycles. The van der Waals surface area contributed by atoms with Gasteiger partial charge in [-0.05, 0) is 25.5 Å². The van der Waals surface area contributed by atoms with E-state index < -0.39 is 5.66 Å². The lowest BCUT2D eigenvalue weighted by atomic mass is 9.98. The minimum atomic E-state index is -0.731. The summed E-state index contributed by atoms with van der Waals surface area (Å²) in [6.07, 6.45) is 4.76. The number of hydrogen-bond acceptors (Lipinski definition) is 4. The number of rotatable bonds is 5. The van der Waals surface area contributed by atoms with Gasteiger partial charge in [-0.25, -0.2) is 0 Å². The van der Waals surface area contributed by atoms with Gasteiger partial charge in [0, 0.05) is 51.8 Å². The van der Waals surface area contributed by atoms with E-state index in [1.165, 1.54) is 0 Å². The Balaban J connectivity index is 1.51. The molecule has 0 spiro atoms. The summed E-state index contributed by atoms with van der Waals surface area (Å²) in [4.78, 5) is 43.5. The maximum atomic E-state index is 13.2. The quantitative estimate of drug-likeness (QED) is 0.773. The fourth-order valence-electron chi connectivity index (χ4n) is 4.36. The molecule has 2 aliphatic rings. The highest BCUT2D eigenvalue weighted by atomic mass is 16.2. The molecule has 0 radical (unpaired) electrons. The molecule has 2 aromatic rings. The number of carbonyl (C=O) groups excluding carboxylic acids is 3. The van der Waals surface area contributed by atoms with Crippen molar-refractivity contribution in [2.75, 3.05) is 18.5 Å². The summed E-state index contributed by atoms with van der Waals surface area (Å²) < 4.78 is 1.70. The van der Waals surface area contributed by atoms with Gasteiger partial charge in [-0.1, -0.05) is 12.1 Å². The molecule has 8 heteroatoms. The first-order chi connectivity index (χ1) is 13.8. The fraction of sp³-hybridized carbons (Fsp3) is 0.429. The first kappa shape index (κ1) is 19.2. The molecule has 0 saturated carbocycles. The first-order valence-electron chi connectivity index (χ1n) is 9.77. The SMILES string of the molecule is CN(Cc1cnn(C)c1)C(=O)CCN1C(=O)c2ccccc2N2C(=O)CCC12C. The molecule has 29 heavy (non-hydrogen) atoms. The van der Waals surface area contributed by atoms with Gasteiger partial charge in [-0.15, -0.1) is 0 Å². The van der Waals surface area contributed by atoms with Crippen LogP contribution in [0, 0.1) is 0 Å².